The van der Waals surface area contributed by atoms with Crippen LogP contribution in [0, 0.1) is 5.92 Å². The summed E-state index contributed by atoms with van der Waals surface area (Å²) in [4.78, 5) is 23.8. The van der Waals surface area contributed by atoms with Crippen LogP contribution in [-0.2, 0) is 11.2 Å². The molecule has 0 saturated heterocycles. The fraction of sp³-hybridized carbons (Fsp3) is 0.417. The summed E-state index contributed by atoms with van der Waals surface area (Å²) in [6, 6.07) is 15.0. The maximum atomic E-state index is 12.6. The molecular weight excluding hydrogens is 362 g/mol. The predicted octanol–water partition coefficient (Wildman–Crippen LogP) is 4.44. The number of unbranched alkanes of at least 4 members (excludes halogenated alkanes) is 1. The van der Waals surface area contributed by atoms with Crippen molar-refractivity contribution in [3.8, 4) is 0 Å². The van der Waals surface area contributed by atoms with E-state index in [2.05, 4.69) is 55.7 Å². The first-order valence-corrected chi connectivity index (χ1v) is 10.4. The number of primary amides is 1. The van der Waals surface area contributed by atoms with E-state index in [0.29, 0.717) is 17.2 Å². The number of amides is 2. The third kappa shape index (κ3) is 6.71. The monoisotopic (exact) mass is 395 g/mol. The highest BCUT2D eigenvalue weighted by Crippen LogP contribution is 2.23. The van der Waals surface area contributed by atoms with E-state index in [-0.39, 0.29) is 18.0 Å². The van der Waals surface area contributed by atoms with Crippen molar-refractivity contribution in [2.24, 2.45) is 11.7 Å². The Kier molecular flexibility index (Phi) is 8.40. The van der Waals surface area contributed by atoms with Crippen LogP contribution in [0.1, 0.15) is 68.1 Å². The lowest BCUT2D eigenvalue weighted by atomic mass is 9.93. The Balaban J connectivity index is 2.01. The zero-order valence-electron chi connectivity index (χ0n) is 17.9. The smallest absolute Gasteiger partial charge is 0.248 e. The molecule has 5 heteroatoms. The Morgan fingerprint density at radius 3 is 2.10 bits per heavy atom. The molecule has 0 unspecified atom stereocenters. The molecule has 0 fully saturated rings. The van der Waals surface area contributed by atoms with Crippen LogP contribution in [0.15, 0.2) is 48.5 Å². The Bertz CT molecular complexity index is 798. The van der Waals surface area contributed by atoms with E-state index in [0.717, 1.165) is 6.42 Å². The van der Waals surface area contributed by atoms with Gasteiger partial charge < -0.3 is 11.1 Å². The van der Waals surface area contributed by atoms with Gasteiger partial charge in [-0.1, -0.05) is 51.5 Å². The van der Waals surface area contributed by atoms with Crippen LogP contribution in [0.3, 0.4) is 0 Å². The van der Waals surface area contributed by atoms with Gasteiger partial charge >= 0.3 is 0 Å². The Morgan fingerprint density at radius 2 is 1.59 bits per heavy atom. The van der Waals surface area contributed by atoms with Gasteiger partial charge in [-0.15, -0.1) is 0 Å². The van der Waals surface area contributed by atoms with Gasteiger partial charge in [0, 0.05) is 17.3 Å². The van der Waals surface area contributed by atoms with Gasteiger partial charge in [-0.25, -0.2) is 0 Å². The van der Waals surface area contributed by atoms with Crippen molar-refractivity contribution < 1.29 is 9.59 Å². The molecule has 0 spiro atoms. The first-order chi connectivity index (χ1) is 13.8. The third-order valence-electron chi connectivity index (χ3n) is 5.08. The third-order valence-corrected chi connectivity index (χ3v) is 5.08. The molecule has 4 N–H and O–H groups in total. The molecule has 0 aliphatic heterocycles. The van der Waals surface area contributed by atoms with Crippen LogP contribution in [0.2, 0.25) is 0 Å². The molecule has 2 atom stereocenters. The van der Waals surface area contributed by atoms with E-state index >= 15 is 0 Å². The van der Waals surface area contributed by atoms with Gasteiger partial charge in [0.15, 0.2) is 0 Å². The van der Waals surface area contributed by atoms with E-state index in [1.165, 1.54) is 24.0 Å². The SMILES string of the molecule is CCCCc1ccc([C@@H](N[C@H](C)C(=O)Nc2ccc(C(N)=O)cc2)C(C)C)cc1. The predicted molar refractivity (Wildman–Crippen MR) is 119 cm³/mol. The van der Waals surface area contributed by atoms with Crippen LogP contribution in [0.4, 0.5) is 5.69 Å². The fourth-order valence-corrected chi connectivity index (χ4v) is 3.26. The van der Waals surface area contributed by atoms with Crippen LogP contribution >= 0.6 is 0 Å². The lowest BCUT2D eigenvalue weighted by molar-refractivity contribution is -0.118. The second-order valence-corrected chi connectivity index (χ2v) is 7.89. The van der Waals surface area contributed by atoms with E-state index in [1.807, 2.05) is 6.92 Å². The second-order valence-electron chi connectivity index (χ2n) is 7.89. The fourth-order valence-electron chi connectivity index (χ4n) is 3.26. The van der Waals surface area contributed by atoms with Gasteiger partial charge in [-0.05, 0) is 61.1 Å². The molecule has 5 nitrogen and oxygen atoms in total. The number of aryl methyl sites for hydroxylation is 1. The Morgan fingerprint density at radius 1 is 0.966 bits per heavy atom. The van der Waals surface area contributed by atoms with Crippen molar-refractivity contribution in [2.75, 3.05) is 5.32 Å². The van der Waals surface area contributed by atoms with E-state index in [1.54, 1.807) is 24.3 Å². The van der Waals surface area contributed by atoms with Gasteiger partial charge in [0.25, 0.3) is 0 Å². The van der Waals surface area contributed by atoms with Crippen molar-refractivity contribution in [3.05, 3.63) is 65.2 Å². The summed E-state index contributed by atoms with van der Waals surface area (Å²) in [5.74, 6) is -0.276. The number of nitrogens with one attached hydrogen (secondary N) is 2. The number of anilines is 1. The number of nitrogens with two attached hydrogens (primary N) is 1. The molecule has 0 aliphatic rings. The quantitative estimate of drug-likeness (QED) is 0.556. The molecule has 2 aromatic carbocycles. The van der Waals surface area contributed by atoms with Gasteiger partial charge in [-0.2, -0.15) is 0 Å². The standard InChI is InChI=1S/C24H33N3O2/c1-5-6-7-18-8-10-19(11-9-18)22(16(2)3)26-17(4)24(29)27-21-14-12-20(13-15-21)23(25)28/h8-17,22,26H,5-7H2,1-4H3,(H2,25,28)(H,27,29)/t17-,22+/m1/s1. The molecule has 0 saturated carbocycles. The largest absolute Gasteiger partial charge is 0.366 e. The first kappa shape index (κ1) is 22.6. The number of hydrogen-bond acceptors (Lipinski definition) is 3. The normalized spacial score (nSPS) is 13.1. The molecular formula is C24H33N3O2. The first-order valence-electron chi connectivity index (χ1n) is 10.4. The van der Waals surface area contributed by atoms with Crippen LogP contribution in [-0.4, -0.2) is 17.9 Å². The van der Waals surface area contributed by atoms with Gasteiger partial charge in [0.2, 0.25) is 11.8 Å². The minimum Gasteiger partial charge on any atom is -0.366 e. The molecule has 156 valence electrons. The molecule has 2 amide bonds. The van der Waals surface area contributed by atoms with E-state index < -0.39 is 5.91 Å². The van der Waals surface area contributed by atoms with Crippen molar-refractivity contribution >= 4 is 17.5 Å². The summed E-state index contributed by atoms with van der Waals surface area (Å²) in [5, 5.41) is 6.34. The van der Waals surface area contributed by atoms with Crippen molar-refractivity contribution in [1.29, 1.82) is 0 Å². The highest BCUT2D eigenvalue weighted by atomic mass is 16.2. The minimum absolute atomic E-state index is 0.0770. The molecule has 0 aliphatic carbocycles. The number of benzene rings is 2. The average Bonchev–Trinajstić information content (AvgIpc) is 2.70. The van der Waals surface area contributed by atoms with Crippen molar-refractivity contribution in [1.82, 2.24) is 5.32 Å². The topological polar surface area (TPSA) is 84.2 Å². The van der Waals surface area contributed by atoms with Crippen LogP contribution < -0.4 is 16.4 Å². The van der Waals surface area contributed by atoms with Crippen molar-refractivity contribution in [2.45, 2.75) is 59.0 Å². The Labute approximate surface area is 174 Å². The maximum absolute atomic E-state index is 12.6. The van der Waals surface area contributed by atoms with Crippen LogP contribution in [0.5, 0.6) is 0 Å². The lowest BCUT2D eigenvalue weighted by Crippen LogP contribution is -2.41. The number of carbonyl (C=O) groups excluding carboxylic acids is 2. The maximum Gasteiger partial charge on any atom is 0.248 e. The number of rotatable bonds is 10. The molecule has 2 aromatic rings. The summed E-state index contributed by atoms with van der Waals surface area (Å²) in [5.41, 5.74) is 8.83. The zero-order chi connectivity index (χ0) is 21.4. The average molecular weight is 396 g/mol. The minimum atomic E-state index is -0.488. The Hall–Kier alpha value is -2.66. The highest BCUT2D eigenvalue weighted by Gasteiger charge is 2.22. The summed E-state index contributed by atoms with van der Waals surface area (Å²) in [6.45, 7) is 8.36. The summed E-state index contributed by atoms with van der Waals surface area (Å²) in [7, 11) is 0. The molecule has 2 rings (SSSR count). The summed E-state index contributed by atoms with van der Waals surface area (Å²) >= 11 is 0. The van der Waals surface area contributed by atoms with Crippen LogP contribution in [0.25, 0.3) is 0 Å². The van der Waals surface area contributed by atoms with E-state index in [9.17, 15) is 9.59 Å². The summed E-state index contributed by atoms with van der Waals surface area (Å²) < 4.78 is 0. The lowest BCUT2D eigenvalue weighted by Gasteiger charge is -2.27. The number of carbonyl (C=O) groups is 2. The second kappa shape index (κ2) is 10.8. The summed E-state index contributed by atoms with van der Waals surface area (Å²) in [6.07, 6.45) is 3.49. The van der Waals surface area contributed by atoms with Crippen molar-refractivity contribution in [3.63, 3.8) is 0 Å². The zero-order valence-corrected chi connectivity index (χ0v) is 17.9. The van der Waals surface area contributed by atoms with E-state index in [4.69, 9.17) is 5.73 Å². The van der Waals surface area contributed by atoms with Gasteiger partial charge in [-0.3, -0.25) is 14.9 Å². The molecule has 29 heavy (non-hydrogen) atoms. The molecule has 0 heterocycles. The molecule has 0 aromatic heterocycles. The van der Waals surface area contributed by atoms with Gasteiger partial charge in [0.05, 0.1) is 6.04 Å². The molecule has 0 bridgehead atoms. The highest BCUT2D eigenvalue weighted by molar-refractivity contribution is 5.96. The van der Waals surface area contributed by atoms with Gasteiger partial charge in [0.1, 0.15) is 0 Å². The number of hydrogen-bond donors (Lipinski definition) is 3. The molecule has 0 radical (unpaired) electrons.